The predicted octanol–water partition coefficient (Wildman–Crippen LogP) is 5.52. The fourth-order valence-electron chi connectivity index (χ4n) is 4.50. The number of para-hydroxylation sites is 2. The molecule has 4 rings (SSSR count). The number of nitro benzene ring substituents is 1. The molecule has 3 aromatic rings. The molecule has 33 heavy (non-hydrogen) atoms. The molecule has 0 aromatic heterocycles. The Kier molecular flexibility index (Phi) is 6.22. The molecule has 7 heteroatoms. The fourth-order valence-corrected chi connectivity index (χ4v) is 4.50. The SMILES string of the molecule is CCC(=O)N1c2ccccc2[C@@H](N(C(=O)c2cccc([N+](=O)[O-])c2)c2ccccc2)C[C@H]1C. The van der Waals surface area contributed by atoms with Crippen molar-refractivity contribution in [2.24, 2.45) is 0 Å². The van der Waals surface area contributed by atoms with Gasteiger partial charge in [-0.15, -0.1) is 0 Å². The van der Waals surface area contributed by atoms with Crippen molar-refractivity contribution in [1.82, 2.24) is 0 Å². The maximum Gasteiger partial charge on any atom is 0.270 e. The minimum absolute atomic E-state index is 0.0321. The van der Waals surface area contributed by atoms with Gasteiger partial charge in [0.15, 0.2) is 0 Å². The largest absolute Gasteiger partial charge is 0.309 e. The lowest BCUT2D eigenvalue weighted by Crippen LogP contribution is -2.47. The summed E-state index contributed by atoms with van der Waals surface area (Å²) in [5.74, 6) is -0.295. The van der Waals surface area contributed by atoms with Crippen LogP contribution in [0.5, 0.6) is 0 Å². The lowest BCUT2D eigenvalue weighted by atomic mass is 9.89. The first-order valence-corrected chi connectivity index (χ1v) is 11.0. The monoisotopic (exact) mass is 443 g/mol. The first-order chi connectivity index (χ1) is 15.9. The Morgan fingerprint density at radius 1 is 1.03 bits per heavy atom. The Hall–Kier alpha value is -4.00. The second-order valence-electron chi connectivity index (χ2n) is 8.09. The van der Waals surface area contributed by atoms with Crippen molar-refractivity contribution in [2.75, 3.05) is 9.80 Å². The molecule has 168 valence electrons. The zero-order chi connectivity index (χ0) is 23.5. The van der Waals surface area contributed by atoms with E-state index in [2.05, 4.69) is 0 Å². The lowest BCUT2D eigenvalue weighted by Gasteiger charge is -2.43. The van der Waals surface area contributed by atoms with Crippen LogP contribution in [0.15, 0.2) is 78.9 Å². The van der Waals surface area contributed by atoms with Gasteiger partial charge in [0.1, 0.15) is 0 Å². The second kappa shape index (κ2) is 9.24. The number of hydrogen-bond acceptors (Lipinski definition) is 4. The first kappa shape index (κ1) is 22.2. The Labute approximate surface area is 192 Å². The van der Waals surface area contributed by atoms with Crippen molar-refractivity contribution in [3.8, 4) is 0 Å². The van der Waals surface area contributed by atoms with E-state index in [1.54, 1.807) is 11.0 Å². The molecule has 7 nitrogen and oxygen atoms in total. The Morgan fingerprint density at radius 3 is 2.42 bits per heavy atom. The average molecular weight is 444 g/mol. The molecule has 3 aromatic carbocycles. The molecule has 2 amide bonds. The normalized spacial score (nSPS) is 17.2. The van der Waals surface area contributed by atoms with Crippen molar-refractivity contribution in [3.63, 3.8) is 0 Å². The average Bonchev–Trinajstić information content (AvgIpc) is 2.84. The Morgan fingerprint density at radius 2 is 1.73 bits per heavy atom. The Bertz CT molecular complexity index is 1190. The van der Waals surface area contributed by atoms with Crippen LogP contribution in [0.25, 0.3) is 0 Å². The van der Waals surface area contributed by atoms with Crippen molar-refractivity contribution >= 4 is 28.9 Å². The van der Waals surface area contributed by atoms with Crippen LogP contribution in [0.4, 0.5) is 17.1 Å². The van der Waals surface area contributed by atoms with Crippen LogP contribution in [0.1, 0.15) is 48.7 Å². The van der Waals surface area contributed by atoms with Gasteiger partial charge < -0.3 is 9.80 Å². The maximum absolute atomic E-state index is 13.8. The van der Waals surface area contributed by atoms with E-state index < -0.39 is 4.92 Å². The fraction of sp³-hybridized carbons (Fsp3) is 0.231. The summed E-state index contributed by atoms with van der Waals surface area (Å²) < 4.78 is 0. The van der Waals surface area contributed by atoms with E-state index >= 15 is 0 Å². The van der Waals surface area contributed by atoms with Crippen LogP contribution >= 0.6 is 0 Å². The van der Waals surface area contributed by atoms with Crippen LogP contribution in [-0.4, -0.2) is 22.8 Å². The summed E-state index contributed by atoms with van der Waals surface area (Å²) in [7, 11) is 0. The number of carbonyl (C=O) groups is 2. The summed E-state index contributed by atoms with van der Waals surface area (Å²) in [5.41, 5.74) is 2.47. The van der Waals surface area contributed by atoms with Gasteiger partial charge in [0.05, 0.1) is 11.0 Å². The standard InChI is InChI=1S/C26H25N3O4/c1-3-25(30)27-18(2)16-24(22-14-7-8-15-23(22)27)28(20-11-5-4-6-12-20)26(31)19-10-9-13-21(17-19)29(32)33/h4-15,17-18,24H,3,16H2,1-2H3/t18-,24+/m1/s1. The topological polar surface area (TPSA) is 83.8 Å². The number of benzene rings is 3. The van der Waals surface area contributed by atoms with Gasteiger partial charge in [0.2, 0.25) is 5.91 Å². The second-order valence-corrected chi connectivity index (χ2v) is 8.09. The van der Waals surface area contributed by atoms with E-state index in [-0.39, 0.29) is 35.1 Å². The summed E-state index contributed by atoms with van der Waals surface area (Å²) in [5, 5.41) is 11.3. The van der Waals surface area contributed by atoms with Crippen LogP contribution in [0, 0.1) is 10.1 Å². The number of nitro groups is 1. The molecule has 0 aliphatic carbocycles. The molecular formula is C26H25N3O4. The summed E-state index contributed by atoms with van der Waals surface area (Å²) in [6.45, 7) is 3.82. The molecule has 1 heterocycles. The molecule has 0 saturated carbocycles. The van der Waals surface area contributed by atoms with Gasteiger partial charge in [-0.25, -0.2) is 0 Å². The molecule has 2 atom stereocenters. The highest BCUT2D eigenvalue weighted by Crippen LogP contribution is 2.43. The third-order valence-corrected chi connectivity index (χ3v) is 6.00. The zero-order valence-electron chi connectivity index (χ0n) is 18.5. The zero-order valence-corrected chi connectivity index (χ0v) is 18.5. The predicted molar refractivity (Wildman–Crippen MR) is 127 cm³/mol. The molecule has 1 aliphatic rings. The highest BCUT2D eigenvalue weighted by molar-refractivity contribution is 6.07. The van der Waals surface area contributed by atoms with Crippen molar-refractivity contribution in [1.29, 1.82) is 0 Å². The van der Waals surface area contributed by atoms with E-state index in [0.29, 0.717) is 18.5 Å². The van der Waals surface area contributed by atoms with Crippen molar-refractivity contribution < 1.29 is 14.5 Å². The van der Waals surface area contributed by atoms with E-state index in [9.17, 15) is 19.7 Å². The quantitative estimate of drug-likeness (QED) is 0.384. The molecule has 1 aliphatic heterocycles. The van der Waals surface area contributed by atoms with E-state index in [1.807, 2.05) is 73.3 Å². The number of hydrogen-bond donors (Lipinski definition) is 0. The molecule has 0 unspecified atom stereocenters. The number of fused-ring (bicyclic) bond motifs is 1. The summed E-state index contributed by atoms with van der Waals surface area (Å²) >= 11 is 0. The maximum atomic E-state index is 13.8. The molecule has 0 fully saturated rings. The smallest absolute Gasteiger partial charge is 0.270 e. The highest BCUT2D eigenvalue weighted by atomic mass is 16.6. The van der Waals surface area contributed by atoms with Gasteiger partial charge in [0, 0.05) is 41.5 Å². The molecule has 0 bridgehead atoms. The van der Waals surface area contributed by atoms with Crippen LogP contribution < -0.4 is 9.80 Å². The molecule has 0 saturated heterocycles. The van der Waals surface area contributed by atoms with Gasteiger partial charge in [0.25, 0.3) is 11.6 Å². The molecular weight excluding hydrogens is 418 g/mol. The summed E-state index contributed by atoms with van der Waals surface area (Å²) in [4.78, 5) is 40.9. The van der Waals surface area contributed by atoms with Crippen LogP contribution in [0.2, 0.25) is 0 Å². The number of amides is 2. The van der Waals surface area contributed by atoms with E-state index in [0.717, 1.165) is 11.3 Å². The van der Waals surface area contributed by atoms with Gasteiger partial charge in [-0.2, -0.15) is 0 Å². The van der Waals surface area contributed by atoms with Crippen LogP contribution in [0.3, 0.4) is 0 Å². The minimum atomic E-state index is -0.504. The van der Waals surface area contributed by atoms with Crippen molar-refractivity contribution in [3.05, 3.63) is 100 Å². The van der Waals surface area contributed by atoms with Gasteiger partial charge in [-0.1, -0.05) is 49.4 Å². The third kappa shape index (κ3) is 4.22. The molecule has 0 N–H and O–H groups in total. The Balaban J connectivity index is 1.85. The molecule has 0 radical (unpaired) electrons. The van der Waals surface area contributed by atoms with Gasteiger partial charge in [-0.3, -0.25) is 19.7 Å². The summed E-state index contributed by atoms with van der Waals surface area (Å²) in [6, 6.07) is 22.3. The number of nitrogens with zero attached hydrogens (tertiary/aromatic N) is 3. The number of anilines is 2. The number of rotatable bonds is 5. The van der Waals surface area contributed by atoms with Crippen molar-refractivity contribution in [2.45, 2.75) is 38.8 Å². The van der Waals surface area contributed by atoms with E-state index in [4.69, 9.17) is 0 Å². The lowest BCUT2D eigenvalue weighted by molar-refractivity contribution is -0.384. The minimum Gasteiger partial charge on any atom is -0.309 e. The number of non-ortho nitro benzene ring substituents is 1. The summed E-state index contributed by atoms with van der Waals surface area (Å²) in [6.07, 6.45) is 0.927. The van der Waals surface area contributed by atoms with Crippen LogP contribution in [-0.2, 0) is 4.79 Å². The number of carbonyl (C=O) groups excluding carboxylic acids is 2. The van der Waals surface area contributed by atoms with E-state index in [1.165, 1.54) is 18.2 Å². The van der Waals surface area contributed by atoms with Gasteiger partial charge >= 0.3 is 0 Å². The van der Waals surface area contributed by atoms with Gasteiger partial charge in [-0.05, 0) is 43.2 Å². The first-order valence-electron chi connectivity index (χ1n) is 11.0. The highest BCUT2D eigenvalue weighted by Gasteiger charge is 2.38. The third-order valence-electron chi connectivity index (χ3n) is 6.00. The molecule has 0 spiro atoms.